The van der Waals surface area contributed by atoms with Crippen LogP contribution in [-0.4, -0.2) is 12.6 Å². The van der Waals surface area contributed by atoms with E-state index >= 15 is 0 Å². The molecule has 2 aromatic rings. The molecule has 0 fully saturated rings. The predicted molar refractivity (Wildman–Crippen MR) is 80.9 cm³/mol. The molecule has 0 aliphatic rings. The van der Waals surface area contributed by atoms with Crippen molar-refractivity contribution in [1.82, 2.24) is 0 Å². The lowest BCUT2D eigenvalue weighted by Gasteiger charge is -2.07. The molecule has 98 valence electrons. The van der Waals surface area contributed by atoms with E-state index in [0.717, 1.165) is 9.13 Å². The van der Waals surface area contributed by atoms with Gasteiger partial charge in [-0.2, -0.15) is 0 Å². The quantitative estimate of drug-likeness (QED) is 0.600. The Hall–Kier alpha value is -1.56. The van der Waals surface area contributed by atoms with Crippen LogP contribution in [0.15, 0.2) is 54.6 Å². The minimum Gasteiger partial charge on any atom is -0.482 e. The first-order valence-corrected chi connectivity index (χ1v) is 6.90. The van der Waals surface area contributed by atoms with E-state index < -0.39 is 0 Å². The maximum Gasteiger partial charge on any atom is 0.344 e. The molecule has 3 nitrogen and oxygen atoms in total. The van der Waals surface area contributed by atoms with Gasteiger partial charge in [-0.25, -0.2) is 4.79 Å². The fraction of sp³-hybridized carbons (Fsp3) is 0.133. The molecule has 0 amide bonds. The van der Waals surface area contributed by atoms with E-state index in [2.05, 4.69) is 22.6 Å². The molecule has 2 aromatic carbocycles. The lowest BCUT2D eigenvalue weighted by Crippen LogP contribution is -2.14. The summed E-state index contributed by atoms with van der Waals surface area (Å²) in [5.41, 5.74) is 0.963. The Balaban J connectivity index is 1.74. The zero-order valence-electron chi connectivity index (χ0n) is 10.2. The number of carbonyl (C=O) groups excluding carboxylic acids is 1. The molecule has 0 aromatic heterocycles. The van der Waals surface area contributed by atoms with Crippen LogP contribution in [0.25, 0.3) is 0 Å². The van der Waals surface area contributed by atoms with Gasteiger partial charge in [0.2, 0.25) is 0 Å². The SMILES string of the molecule is O=C(COc1ccc(I)cc1)OCc1ccccc1. The molecular formula is C15H13IO3. The van der Waals surface area contributed by atoms with E-state index in [1.54, 1.807) is 0 Å². The number of benzene rings is 2. The Kier molecular flexibility index (Phi) is 5.20. The average molecular weight is 368 g/mol. The van der Waals surface area contributed by atoms with E-state index in [1.807, 2.05) is 54.6 Å². The topological polar surface area (TPSA) is 35.5 Å². The summed E-state index contributed by atoms with van der Waals surface area (Å²) in [6, 6.07) is 17.1. The van der Waals surface area contributed by atoms with Gasteiger partial charge in [0.15, 0.2) is 6.61 Å². The molecule has 4 heteroatoms. The fourth-order valence-corrected chi connectivity index (χ4v) is 1.81. The van der Waals surface area contributed by atoms with Crippen molar-refractivity contribution in [3.05, 3.63) is 63.7 Å². The minimum atomic E-state index is -0.373. The molecular weight excluding hydrogens is 355 g/mol. The molecule has 0 aliphatic heterocycles. The molecule has 0 atom stereocenters. The molecule has 19 heavy (non-hydrogen) atoms. The highest BCUT2D eigenvalue weighted by molar-refractivity contribution is 14.1. The van der Waals surface area contributed by atoms with Crippen LogP contribution in [0.1, 0.15) is 5.56 Å². The van der Waals surface area contributed by atoms with Crippen LogP contribution in [0.3, 0.4) is 0 Å². The van der Waals surface area contributed by atoms with Crippen LogP contribution >= 0.6 is 22.6 Å². The number of rotatable bonds is 5. The van der Waals surface area contributed by atoms with Crippen LogP contribution in [0.2, 0.25) is 0 Å². The van der Waals surface area contributed by atoms with E-state index in [-0.39, 0.29) is 19.2 Å². The first kappa shape index (κ1) is 13.9. The number of esters is 1. The third-order valence-corrected chi connectivity index (χ3v) is 3.13. The van der Waals surface area contributed by atoms with Crippen LogP contribution in [0, 0.1) is 3.57 Å². The summed E-state index contributed by atoms with van der Waals surface area (Å²) in [4.78, 5) is 11.5. The number of hydrogen-bond donors (Lipinski definition) is 0. The number of carbonyl (C=O) groups is 1. The zero-order chi connectivity index (χ0) is 13.5. The normalized spacial score (nSPS) is 9.95. The Morgan fingerprint density at radius 1 is 1.00 bits per heavy atom. The van der Waals surface area contributed by atoms with E-state index in [0.29, 0.717) is 5.75 Å². The van der Waals surface area contributed by atoms with Crippen molar-refractivity contribution in [1.29, 1.82) is 0 Å². The van der Waals surface area contributed by atoms with Gasteiger partial charge in [0, 0.05) is 3.57 Å². The molecule has 2 rings (SSSR count). The second-order valence-electron chi connectivity index (χ2n) is 3.89. The molecule has 0 heterocycles. The summed E-state index contributed by atoms with van der Waals surface area (Å²) in [7, 11) is 0. The van der Waals surface area contributed by atoms with Crippen molar-refractivity contribution in [2.75, 3.05) is 6.61 Å². The second kappa shape index (κ2) is 7.13. The number of ether oxygens (including phenoxy) is 2. The fourth-order valence-electron chi connectivity index (χ4n) is 1.45. The molecule has 0 aliphatic carbocycles. The highest BCUT2D eigenvalue weighted by Crippen LogP contribution is 2.13. The van der Waals surface area contributed by atoms with Gasteiger partial charge in [-0.05, 0) is 52.4 Å². The third kappa shape index (κ3) is 4.90. The summed E-state index contributed by atoms with van der Waals surface area (Å²) >= 11 is 2.21. The Bertz CT molecular complexity index is 523. The third-order valence-electron chi connectivity index (χ3n) is 2.41. The Labute approximate surface area is 125 Å². The van der Waals surface area contributed by atoms with Crippen molar-refractivity contribution in [2.45, 2.75) is 6.61 Å². The summed E-state index contributed by atoms with van der Waals surface area (Å²) in [6.45, 7) is 0.198. The van der Waals surface area contributed by atoms with Gasteiger partial charge in [-0.3, -0.25) is 0 Å². The first-order valence-electron chi connectivity index (χ1n) is 5.82. The Morgan fingerprint density at radius 3 is 2.37 bits per heavy atom. The predicted octanol–water partition coefficient (Wildman–Crippen LogP) is 3.41. The maximum absolute atomic E-state index is 11.5. The largest absolute Gasteiger partial charge is 0.482 e. The lowest BCUT2D eigenvalue weighted by atomic mass is 10.2. The molecule has 0 unspecified atom stereocenters. The van der Waals surface area contributed by atoms with Gasteiger partial charge in [-0.1, -0.05) is 30.3 Å². The van der Waals surface area contributed by atoms with Gasteiger partial charge < -0.3 is 9.47 Å². The van der Waals surface area contributed by atoms with Gasteiger partial charge in [0.25, 0.3) is 0 Å². The summed E-state index contributed by atoms with van der Waals surface area (Å²) in [5.74, 6) is 0.291. The number of hydrogen-bond acceptors (Lipinski definition) is 3. The molecule has 0 radical (unpaired) electrons. The van der Waals surface area contributed by atoms with Crippen LogP contribution in [0.4, 0.5) is 0 Å². The van der Waals surface area contributed by atoms with E-state index in [4.69, 9.17) is 9.47 Å². The van der Waals surface area contributed by atoms with Crippen LogP contribution in [0.5, 0.6) is 5.75 Å². The highest BCUT2D eigenvalue weighted by atomic mass is 127. The molecule has 0 spiro atoms. The van der Waals surface area contributed by atoms with Gasteiger partial charge in [-0.15, -0.1) is 0 Å². The Morgan fingerprint density at radius 2 is 1.68 bits per heavy atom. The van der Waals surface area contributed by atoms with Crippen LogP contribution < -0.4 is 4.74 Å². The summed E-state index contributed by atoms with van der Waals surface area (Å²) < 4.78 is 11.6. The van der Waals surface area contributed by atoms with Gasteiger partial charge >= 0.3 is 5.97 Å². The summed E-state index contributed by atoms with van der Waals surface area (Å²) in [6.07, 6.45) is 0. The standard InChI is InChI=1S/C15H13IO3/c16-13-6-8-14(9-7-13)18-11-15(17)19-10-12-4-2-1-3-5-12/h1-9H,10-11H2. The van der Waals surface area contributed by atoms with Crippen molar-refractivity contribution >= 4 is 28.6 Å². The molecule has 0 N–H and O–H groups in total. The van der Waals surface area contributed by atoms with Crippen molar-refractivity contribution in [3.8, 4) is 5.75 Å². The summed E-state index contributed by atoms with van der Waals surface area (Å²) in [5, 5.41) is 0. The minimum absolute atomic E-state index is 0.0760. The van der Waals surface area contributed by atoms with Crippen molar-refractivity contribution < 1.29 is 14.3 Å². The van der Waals surface area contributed by atoms with Crippen molar-refractivity contribution in [3.63, 3.8) is 0 Å². The molecule has 0 saturated carbocycles. The second-order valence-corrected chi connectivity index (χ2v) is 5.13. The highest BCUT2D eigenvalue weighted by Gasteiger charge is 2.04. The zero-order valence-corrected chi connectivity index (χ0v) is 12.4. The van der Waals surface area contributed by atoms with E-state index in [1.165, 1.54) is 0 Å². The smallest absolute Gasteiger partial charge is 0.344 e. The van der Waals surface area contributed by atoms with Gasteiger partial charge in [0.1, 0.15) is 12.4 Å². The van der Waals surface area contributed by atoms with E-state index in [9.17, 15) is 4.79 Å². The first-order chi connectivity index (χ1) is 9.24. The average Bonchev–Trinajstić information content (AvgIpc) is 2.45. The van der Waals surface area contributed by atoms with Crippen LogP contribution in [-0.2, 0) is 16.1 Å². The molecule has 0 saturated heterocycles. The lowest BCUT2D eigenvalue weighted by molar-refractivity contribution is -0.147. The molecule has 0 bridgehead atoms. The van der Waals surface area contributed by atoms with Gasteiger partial charge in [0.05, 0.1) is 0 Å². The monoisotopic (exact) mass is 368 g/mol. The maximum atomic E-state index is 11.5. The van der Waals surface area contributed by atoms with Crippen molar-refractivity contribution in [2.24, 2.45) is 0 Å². The number of halogens is 1.